The molecule has 1 rings (SSSR count). The van der Waals surface area contributed by atoms with Gasteiger partial charge in [0.2, 0.25) is 0 Å². The van der Waals surface area contributed by atoms with Crippen LogP contribution >= 0.6 is 46.6 Å². The first-order chi connectivity index (χ1) is 6.97. The van der Waals surface area contributed by atoms with E-state index in [1.807, 2.05) is 19.9 Å². The molecule has 0 aromatic carbocycles. The van der Waals surface area contributed by atoms with Gasteiger partial charge in [-0.25, -0.2) is 4.98 Å². The van der Waals surface area contributed by atoms with Gasteiger partial charge in [-0.05, 0) is 0 Å². The number of nitriles is 1. The smallest absolute Gasteiger partial charge is 0.162 e. The third-order valence-corrected chi connectivity index (χ3v) is 3.90. The Kier molecular flexibility index (Phi) is 4.54. The molecule has 1 heterocycles. The summed E-state index contributed by atoms with van der Waals surface area (Å²) in [6, 6.07) is 1.88. The summed E-state index contributed by atoms with van der Waals surface area (Å²) in [5, 5.41) is 9.77. The number of nitrogens with zero attached hydrogens (tertiary/aromatic N) is 2. The summed E-state index contributed by atoms with van der Waals surface area (Å²) in [6.07, 6.45) is 0. The zero-order valence-electron chi connectivity index (χ0n) is 8.01. The molecule has 0 fully saturated rings. The van der Waals surface area contributed by atoms with Gasteiger partial charge in [0.1, 0.15) is 11.2 Å². The standard InChI is InChI=1S/C9H7Cl3N2S/c1-4(2)15-8-6(10)5(3-13)14-9(12)7(8)11/h4H,1-2H3. The lowest BCUT2D eigenvalue weighted by Crippen LogP contribution is -1.94. The van der Waals surface area contributed by atoms with Crippen LogP contribution < -0.4 is 0 Å². The van der Waals surface area contributed by atoms with Crippen LogP contribution in [0.2, 0.25) is 15.2 Å². The molecule has 0 saturated heterocycles. The Balaban J connectivity index is 3.35. The van der Waals surface area contributed by atoms with E-state index in [1.165, 1.54) is 11.8 Å². The minimum atomic E-state index is 0.106. The SMILES string of the molecule is CC(C)Sc1c(Cl)c(Cl)nc(C#N)c1Cl. The highest BCUT2D eigenvalue weighted by atomic mass is 35.5. The molecule has 0 radical (unpaired) electrons. The van der Waals surface area contributed by atoms with Crippen molar-refractivity contribution >= 4 is 46.6 Å². The van der Waals surface area contributed by atoms with Gasteiger partial charge in [-0.3, -0.25) is 0 Å². The van der Waals surface area contributed by atoms with Crippen LogP contribution in [0.15, 0.2) is 4.90 Å². The molecular formula is C9H7Cl3N2S. The van der Waals surface area contributed by atoms with Crippen LogP contribution in [0.3, 0.4) is 0 Å². The second kappa shape index (κ2) is 5.27. The average molecular weight is 282 g/mol. The summed E-state index contributed by atoms with van der Waals surface area (Å²) in [5.74, 6) is 0. The lowest BCUT2D eigenvalue weighted by Gasteiger charge is -2.10. The van der Waals surface area contributed by atoms with Crippen molar-refractivity contribution in [2.45, 2.75) is 24.0 Å². The highest BCUT2D eigenvalue weighted by Crippen LogP contribution is 2.40. The minimum Gasteiger partial charge on any atom is -0.222 e. The van der Waals surface area contributed by atoms with Gasteiger partial charge in [0.15, 0.2) is 5.69 Å². The van der Waals surface area contributed by atoms with Crippen molar-refractivity contribution in [1.82, 2.24) is 4.98 Å². The van der Waals surface area contributed by atoms with E-state index < -0.39 is 0 Å². The van der Waals surface area contributed by atoms with Gasteiger partial charge >= 0.3 is 0 Å². The molecule has 0 unspecified atom stereocenters. The number of pyridine rings is 1. The molecule has 15 heavy (non-hydrogen) atoms. The number of thioether (sulfide) groups is 1. The minimum absolute atomic E-state index is 0.106. The molecule has 0 bridgehead atoms. The van der Waals surface area contributed by atoms with Gasteiger partial charge < -0.3 is 0 Å². The van der Waals surface area contributed by atoms with Crippen LogP contribution in [0, 0.1) is 11.3 Å². The lowest BCUT2D eigenvalue weighted by molar-refractivity contribution is 1.10. The quantitative estimate of drug-likeness (QED) is 0.595. The van der Waals surface area contributed by atoms with Crippen molar-refractivity contribution in [3.8, 4) is 6.07 Å². The highest BCUT2D eigenvalue weighted by Gasteiger charge is 2.17. The van der Waals surface area contributed by atoms with Gasteiger partial charge in [-0.1, -0.05) is 48.7 Å². The maximum atomic E-state index is 8.78. The van der Waals surface area contributed by atoms with Crippen LogP contribution in [0.4, 0.5) is 0 Å². The summed E-state index contributed by atoms with van der Waals surface area (Å²) in [7, 11) is 0. The molecule has 0 aliphatic rings. The third kappa shape index (κ3) is 2.92. The van der Waals surface area contributed by atoms with E-state index in [1.54, 1.807) is 0 Å². The molecular weight excluding hydrogens is 275 g/mol. The van der Waals surface area contributed by atoms with Gasteiger partial charge in [0, 0.05) is 5.25 Å². The molecule has 80 valence electrons. The number of rotatable bonds is 2. The van der Waals surface area contributed by atoms with Crippen molar-refractivity contribution < 1.29 is 0 Å². The van der Waals surface area contributed by atoms with Crippen molar-refractivity contribution in [2.75, 3.05) is 0 Å². The fourth-order valence-corrected chi connectivity index (χ4v) is 2.65. The van der Waals surface area contributed by atoms with E-state index in [9.17, 15) is 0 Å². The van der Waals surface area contributed by atoms with Crippen LogP contribution in [-0.4, -0.2) is 10.2 Å². The lowest BCUT2D eigenvalue weighted by atomic mass is 10.4. The van der Waals surface area contributed by atoms with Gasteiger partial charge in [-0.15, -0.1) is 11.8 Å². The summed E-state index contributed by atoms with van der Waals surface area (Å²) >= 11 is 19.2. The molecule has 0 N–H and O–H groups in total. The Labute approximate surface area is 108 Å². The average Bonchev–Trinajstić information content (AvgIpc) is 2.18. The Morgan fingerprint density at radius 3 is 2.33 bits per heavy atom. The Hall–Kier alpha value is -0.140. The Morgan fingerprint density at radius 2 is 1.87 bits per heavy atom. The van der Waals surface area contributed by atoms with Crippen LogP contribution in [0.25, 0.3) is 0 Å². The first-order valence-electron chi connectivity index (χ1n) is 4.08. The number of aromatic nitrogens is 1. The molecule has 0 aliphatic carbocycles. The predicted molar refractivity (Wildman–Crippen MR) is 65.0 cm³/mol. The maximum Gasteiger partial charge on any atom is 0.162 e. The Morgan fingerprint density at radius 1 is 1.27 bits per heavy atom. The molecule has 6 heteroatoms. The second-order valence-corrected chi connectivity index (χ2v) is 5.69. The fourth-order valence-electron chi connectivity index (χ4n) is 0.907. The molecule has 0 atom stereocenters. The first kappa shape index (κ1) is 12.9. The van der Waals surface area contributed by atoms with Crippen LogP contribution in [0.1, 0.15) is 19.5 Å². The summed E-state index contributed by atoms with van der Waals surface area (Å²) < 4.78 is 0. The van der Waals surface area contributed by atoms with E-state index in [4.69, 9.17) is 40.1 Å². The zero-order valence-corrected chi connectivity index (χ0v) is 11.1. The first-order valence-corrected chi connectivity index (χ1v) is 6.10. The van der Waals surface area contributed by atoms with Crippen molar-refractivity contribution in [3.63, 3.8) is 0 Å². The van der Waals surface area contributed by atoms with E-state index in [2.05, 4.69) is 4.98 Å². The fraction of sp³-hybridized carbons (Fsp3) is 0.333. The molecule has 0 amide bonds. The topological polar surface area (TPSA) is 36.7 Å². The summed E-state index contributed by atoms with van der Waals surface area (Å²) in [5.41, 5.74) is 0.106. The molecule has 1 aromatic rings. The summed E-state index contributed by atoms with van der Waals surface area (Å²) in [4.78, 5) is 4.40. The largest absolute Gasteiger partial charge is 0.222 e. The zero-order chi connectivity index (χ0) is 11.6. The number of hydrogen-bond donors (Lipinski definition) is 0. The highest BCUT2D eigenvalue weighted by molar-refractivity contribution is 8.00. The van der Waals surface area contributed by atoms with Crippen LogP contribution in [-0.2, 0) is 0 Å². The Bertz CT molecular complexity index is 426. The van der Waals surface area contributed by atoms with Crippen LogP contribution in [0.5, 0.6) is 0 Å². The maximum absolute atomic E-state index is 8.78. The van der Waals surface area contributed by atoms with Crippen molar-refractivity contribution in [1.29, 1.82) is 5.26 Å². The van der Waals surface area contributed by atoms with Crippen molar-refractivity contribution in [2.24, 2.45) is 0 Å². The third-order valence-electron chi connectivity index (χ3n) is 1.46. The van der Waals surface area contributed by atoms with Gasteiger partial charge in [-0.2, -0.15) is 5.26 Å². The normalized spacial score (nSPS) is 10.5. The molecule has 2 nitrogen and oxygen atoms in total. The molecule has 0 saturated carbocycles. The van der Waals surface area contributed by atoms with E-state index >= 15 is 0 Å². The molecule has 0 spiro atoms. The van der Waals surface area contributed by atoms with Gasteiger partial charge in [0.05, 0.1) is 14.9 Å². The number of halogens is 3. The van der Waals surface area contributed by atoms with E-state index in [0.717, 1.165) is 0 Å². The van der Waals surface area contributed by atoms with Gasteiger partial charge in [0.25, 0.3) is 0 Å². The molecule has 0 aliphatic heterocycles. The number of hydrogen-bond acceptors (Lipinski definition) is 3. The monoisotopic (exact) mass is 280 g/mol. The van der Waals surface area contributed by atoms with E-state index in [-0.39, 0.29) is 15.9 Å². The second-order valence-electron chi connectivity index (χ2n) is 2.99. The van der Waals surface area contributed by atoms with E-state index in [0.29, 0.717) is 15.2 Å². The van der Waals surface area contributed by atoms with Crippen molar-refractivity contribution in [3.05, 3.63) is 20.9 Å². The summed E-state index contributed by atoms with van der Waals surface area (Å²) in [6.45, 7) is 4.00. The predicted octanol–water partition coefficient (Wildman–Crippen LogP) is 4.41. The molecule has 1 aromatic heterocycles.